The summed E-state index contributed by atoms with van der Waals surface area (Å²) in [6.45, 7) is 0. The van der Waals surface area contributed by atoms with Gasteiger partial charge in [0, 0.05) is 0 Å². The zero-order valence-corrected chi connectivity index (χ0v) is 8.64. The molecule has 0 aromatic heterocycles. The zero-order valence-electron chi connectivity index (χ0n) is 7.24. The summed E-state index contributed by atoms with van der Waals surface area (Å²) in [4.78, 5) is 31.5. The van der Waals surface area contributed by atoms with Crippen LogP contribution < -0.4 is 0 Å². The van der Waals surface area contributed by atoms with Crippen molar-refractivity contribution < 1.29 is 53.6 Å². The van der Waals surface area contributed by atoms with E-state index in [1.807, 2.05) is 0 Å². The van der Waals surface area contributed by atoms with E-state index < -0.39 is 52.9 Å². The van der Waals surface area contributed by atoms with Crippen molar-refractivity contribution in [2.45, 2.75) is 18.4 Å². The third-order valence-electron chi connectivity index (χ3n) is 1.42. The third-order valence-corrected chi connectivity index (χ3v) is 1.85. The van der Waals surface area contributed by atoms with Crippen LogP contribution in [0.1, 0.15) is 12.8 Å². The van der Waals surface area contributed by atoms with Crippen LogP contribution in [0.3, 0.4) is 0 Å². The molecule has 0 aliphatic heterocycles. The Labute approximate surface area is 90.5 Å². The average Bonchev–Trinajstić information content (AvgIpc) is 2.01. The summed E-state index contributed by atoms with van der Waals surface area (Å²) in [6.07, 6.45) is -2.21. The van der Waals surface area contributed by atoms with Gasteiger partial charge in [0.05, 0.1) is 0 Å². The number of hydrogen-bond donors (Lipinski definition) is 3. The molecule has 0 aromatic carbocycles. The Morgan fingerprint density at radius 1 is 1.20 bits per heavy atom. The number of carbonyl (C=O) groups is 3. The first-order valence-electron chi connectivity index (χ1n) is 3.52. The summed E-state index contributed by atoms with van der Waals surface area (Å²) in [7, 11) is 0. The van der Waals surface area contributed by atoms with E-state index in [1.165, 1.54) is 0 Å². The van der Waals surface area contributed by atoms with E-state index in [1.54, 1.807) is 0 Å². The maximum atomic E-state index is 10.7. The summed E-state index contributed by atoms with van der Waals surface area (Å²) < 4.78 is 13.9. The molecule has 84 valence electrons. The first-order valence-corrected chi connectivity index (χ1v) is 4.66. The van der Waals surface area contributed by atoms with E-state index in [0.717, 1.165) is 0 Å². The van der Waals surface area contributed by atoms with Crippen LogP contribution >= 0.6 is 0 Å². The molecule has 0 fully saturated rings. The van der Waals surface area contributed by atoms with Crippen LogP contribution in [0, 0.1) is 0 Å². The second-order valence-electron chi connectivity index (χ2n) is 2.62. The second-order valence-corrected chi connectivity index (χ2v) is 3.14. The molecule has 9 heteroatoms. The Bertz CT molecular complexity index is 300. The van der Waals surface area contributed by atoms with Crippen molar-refractivity contribution in [1.29, 1.82) is 0 Å². The fourth-order valence-electron chi connectivity index (χ4n) is 0.777. The van der Waals surface area contributed by atoms with Gasteiger partial charge >= 0.3 is 90.0 Å². The summed E-state index contributed by atoms with van der Waals surface area (Å²) in [5.74, 6) is -4.66. The van der Waals surface area contributed by atoms with Crippen molar-refractivity contribution in [2.75, 3.05) is 0 Å². The Kier molecular flexibility index (Phi) is 5.13. The molecule has 0 saturated heterocycles. The first-order chi connectivity index (χ1) is 6.81. The minimum absolute atomic E-state index is 1.06. The quantitative estimate of drug-likeness (QED) is 0.526. The van der Waals surface area contributed by atoms with Crippen molar-refractivity contribution in [2.24, 2.45) is 0 Å². The molecule has 0 spiro atoms. The molecule has 0 radical (unpaired) electrons. The number of hydrogen-bond acceptors (Lipinski definition) is 6. The fraction of sp³-hybridized carbons (Fsp3) is 0.500. The van der Waals surface area contributed by atoms with Gasteiger partial charge in [-0.05, 0) is 0 Å². The number of aliphatic hydroxyl groups is 1. The minimum atomic E-state index is -2.74. The van der Waals surface area contributed by atoms with E-state index in [-0.39, 0.29) is 0 Å². The van der Waals surface area contributed by atoms with Gasteiger partial charge in [-0.25, -0.2) is 0 Å². The summed E-state index contributed by atoms with van der Waals surface area (Å²) in [5, 5.41) is 26.1. The molecule has 0 aromatic rings. The van der Waals surface area contributed by atoms with Crippen LogP contribution in [0.4, 0.5) is 0 Å². The molecule has 0 heterocycles. The fourth-order valence-corrected chi connectivity index (χ4v) is 1.01. The van der Waals surface area contributed by atoms with Crippen LogP contribution in [-0.2, 0) is 38.3 Å². The van der Waals surface area contributed by atoms with Gasteiger partial charge in [0.15, 0.2) is 0 Å². The van der Waals surface area contributed by atoms with Crippen molar-refractivity contribution in [3.8, 4) is 0 Å². The van der Waals surface area contributed by atoms with E-state index in [4.69, 9.17) is 10.2 Å². The molecule has 0 rings (SSSR count). The predicted octanol–water partition coefficient (Wildman–Crippen LogP) is -1.45. The second kappa shape index (κ2) is 5.59. The molecule has 8 nitrogen and oxygen atoms in total. The van der Waals surface area contributed by atoms with E-state index >= 15 is 0 Å². The normalized spacial score (nSPS) is 13.7. The Morgan fingerprint density at radius 3 is 2.07 bits per heavy atom. The standard InChI is InChI=1S/C6H8O7.O.V/c7-3(8)1-6(13,5(11)12)2-4(9)10;;/h13H,1-2H2,(H,7,8)(H,9,10)(H,11,12);;/q;;+1/p-1. The summed E-state index contributed by atoms with van der Waals surface area (Å²) in [5.41, 5.74) is -2.74. The molecular weight excluding hydrogens is 251 g/mol. The number of aliphatic carboxylic acids is 2. The van der Waals surface area contributed by atoms with Crippen LogP contribution in [0.25, 0.3) is 0 Å². The molecule has 1 unspecified atom stereocenters. The van der Waals surface area contributed by atoms with E-state index in [0.29, 0.717) is 0 Å². The number of carbonyl (C=O) groups excluding carboxylic acids is 1. The van der Waals surface area contributed by atoms with Crippen molar-refractivity contribution in [3.63, 3.8) is 0 Å². The first kappa shape index (κ1) is 13.8. The van der Waals surface area contributed by atoms with Crippen LogP contribution in [0.15, 0.2) is 0 Å². The number of carboxylic acid groups (broad SMARTS) is 2. The topological polar surface area (TPSA) is 138 Å². The van der Waals surface area contributed by atoms with Crippen LogP contribution in [-0.4, -0.2) is 38.8 Å². The van der Waals surface area contributed by atoms with E-state index in [2.05, 4.69) is 3.66 Å². The van der Waals surface area contributed by atoms with Gasteiger partial charge in [-0.2, -0.15) is 0 Å². The van der Waals surface area contributed by atoms with Gasteiger partial charge in [0.1, 0.15) is 0 Å². The zero-order chi connectivity index (χ0) is 12.1. The molecule has 0 bridgehead atoms. The third kappa shape index (κ3) is 4.68. The molecule has 0 aliphatic rings. The Hall–Kier alpha value is -1.25. The van der Waals surface area contributed by atoms with Gasteiger partial charge in [-0.15, -0.1) is 0 Å². The molecule has 0 amide bonds. The molecular formula is C6H7O8V. The average molecular weight is 258 g/mol. The maximum absolute atomic E-state index is 10.7. The number of rotatable bonds is 6. The van der Waals surface area contributed by atoms with Gasteiger partial charge in [-0.1, -0.05) is 0 Å². The van der Waals surface area contributed by atoms with Crippen molar-refractivity contribution in [1.82, 2.24) is 0 Å². The molecule has 0 aliphatic carbocycles. The summed E-state index contributed by atoms with van der Waals surface area (Å²) in [6, 6.07) is 0. The van der Waals surface area contributed by atoms with Crippen LogP contribution in [0.5, 0.6) is 0 Å². The Morgan fingerprint density at radius 2 is 1.73 bits per heavy atom. The molecule has 3 N–H and O–H groups in total. The van der Waals surface area contributed by atoms with Gasteiger partial charge in [0.25, 0.3) is 0 Å². The summed E-state index contributed by atoms with van der Waals surface area (Å²) >= 11 is -1.95. The monoisotopic (exact) mass is 258 g/mol. The van der Waals surface area contributed by atoms with Gasteiger partial charge in [-0.3, -0.25) is 0 Å². The Balaban J connectivity index is 4.65. The van der Waals surface area contributed by atoms with Gasteiger partial charge in [0.2, 0.25) is 0 Å². The van der Waals surface area contributed by atoms with Crippen LogP contribution in [0.2, 0.25) is 0 Å². The predicted molar refractivity (Wildman–Crippen MR) is 36.2 cm³/mol. The van der Waals surface area contributed by atoms with Crippen molar-refractivity contribution in [3.05, 3.63) is 0 Å². The molecule has 15 heavy (non-hydrogen) atoms. The molecule has 1 atom stereocenters. The van der Waals surface area contributed by atoms with Gasteiger partial charge < -0.3 is 0 Å². The van der Waals surface area contributed by atoms with Crippen molar-refractivity contribution >= 4 is 17.9 Å². The van der Waals surface area contributed by atoms with E-state index in [9.17, 15) is 23.2 Å². The number of carboxylic acids is 2. The molecule has 0 saturated carbocycles. The SMILES string of the molecule is [O]=[V][O]C(=O)CC(O)(CC(=O)O)C(=O)O.